The number of carboxylic acid groups (broad SMARTS) is 1. The number of aliphatic carboxylic acids is 1. The largest absolute Gasteiger partial charge is 0.481 e. The number of amides is 1. The zero-order chi connectivity index (χ0) is 14.6. The smallest absolute Gasteiger partial charge is 0.311 e. The van der Waals surface area contributed by atoms with E-state index in [0.29, 0.717) is 39.1 Å². The fourth-order valence-electron chi connectivity index (χ4n) is 3.49. The van der Waals surface area contributed by atoms with Crippen LogP contribution in [0.15, 0.2) is 0 Å². The third kappa shape index (κ3) is 3.14. The monoisotopic (exact) mass is 283 g/mol. The fraction of sp³-hybridized carbons (Fsp3) is 0.867. The first-order valence-corrected chi connectivity index (χ1v) is 7.69. The van der Waals surface area contributed by atoms with Gasteiger partial charge in [-0.3, -0.25) is 9.59 Å². The summed E-state index contributed by atoms with van der Waals surface area (Å²) in [7, 11) is 0. The molecule has 0 aromatic carbocycles. The van der Waals surface area contributed by atoms with E-state index in [0.717, 1.165) is 25.7 Å². The Morgan fingerprint density at radius 3 is 2.65 bits per heavy atom. The number of hydrogen-bond acceptors (Lipinski definition) is 3. The third-order valence-electron chi connectivity index (χ3n) is 4.64. The van der Waals surface area contributed by atoms with Gasteiger partial charge in [0.25, 0.3) is 0 Å². The number of carbonyl (C=O) groups is 2. The minimum absolute atomic E-state index is 0.0231. The first-order chi connectivity index (χ1) is 9.59. The highest BCUT2D eigenvalue weighted by Gasteiger charge is 2.43. The quantitative estimate of drug-likeness (QED) is 0.856. The summed E-state index contributed by atoms with van der Waals surface area (Å²) in [6, 6.07) is 0. The van der Waals surface area contributed by atoms with Crippen molar-refractivity contribution < 1.29 is 19.4 Å². The summed E-state index contributed by atoms with van der Waals surface area (Å²) in [5.74, 6) is -0.589. The minimum atomic E-state index is -0.746. The van der Waals surface area contributed by atoms with Crippen LogP contribution in [-0.4, -0.2) is 48.2 Å². The van der Waals surface area contributed by atoms with E-state index in [-0.39, 0.29) is 11.8 Å². The second-order valence-corrected chi connectivity index (χ2v) is 6.09. The SMILES string of the molecule is CCCC1(C(=O)O)CCCN(C(=O)C2CCOCC2)C1. The molecule has 20 heavy (non-hydrogen) atoms. The molecule has 0 radical (unpaired) electrons. The van der Waals surface area contributed by atoms with E-state index in [1.54, 1.807) is 4.90 Å². The Balaban J connectivity index is 2.04. The summed E-state index contributed by atoms with van der Waals surface area (Å²) in [5.41, 5.74) is -0.728. The number of hydrogen-bond donors (Lipinski definition) is 1. The van der Waals surface area contributed by atoms with E-state index in [1.165, 1.54) is 0 Å². The molecule has 2 heterocycles. The molecule has 2 aliphatic heterocycles. The average Bonchev–Trinajstić information content (AvgIpc) is 2.48. The van der Waals surface area contributed by atoms with Crippen molar-refractivity contribution in [3.05, 3.63) is 0 Å². The van der Waals surface area contributed by atoms with E-state index >= 15 is 0 Å². The molecule has 1 unspecified atom stereocenters. The number of piperidine rings is 1. The lowest BCUT2D eigenvalue weighted by Crippen LogP contribution is -2.51. The van der Waals surface area contributed by atoms with Gasteiger partial charge in [0.2, 0.25) is 5.91 Å². The molecule has 5 nitrogen and oxygen atoms in total. The molecular formula is C15H25NO4. The molecule has 114 valence electrons. The van der Waals surface area contributed by atoms with Crippen molar-refractivity contribution in [1.82, 2.24) is 4.90 Å². The van der Waals surface area contributed by atoms with Crippen molar-refractivity contribution in [2.45, 2.75) is 45.4 Å². The Hall–Kier alpha value is -1.10. The highest BCUT2D eigenvalue weighted by atomic mass is 16.5. The van der Waals surface area contributed by atoms with Crippen molar-refractivity contribution in [3.8, 4) is 0 Å². The summed E-state index contributed by atoms with van der Waals surface area (Å²) >= 11 is 0. The predicted molar refractivity (Wildman–Crippen MR) is 74.3 cm³/mol. The second-order valence-electron chi connectivity index (χ2n) is 6.09. The van der Waals surface area contributed by atoms with E-state index in [9.17, 15) is 14.7 Å². The molecule has 0 aliphatic carbocycles. The van der Waals surface area contributed by atoms with Gasteiger partial charge in [0.15, 0.2) is 0 Å². The zero-order valence-electron chi connectivity index (χ0n) is 12.3. The van der Waals surface area contributed by atoms with Crippen LogP contribution in [0.2, 0.25) is 0 Å². The number of ether oxygens (including phenoxy) is 1. The number of nitrogens with zero attached hydrogens (tertiary/aromatic N) is 1. The van der Waals surface area contributed by atoms with Gasteiger partial charge < -0.3 is 14.7 Å². The number of rotatable bonds is 4. The van der Waals surface area contributed by atoms with Crippen LogP contribution in [0.1, 0.15) is 45.4 Å². The van der Waals surface area contributed by atoms with Gasteiger partial charge in [-0.25, -0.2) is 0 Å². The number of carbonyl (C=O) groups excluding carboxylic acids is 1. The summed E-state index contributed by atoms with van der Waals surface area (Å²) in [6.07, 6.45) is 4.51. The van der Waals surface area contributed by atoms with Crippen molar-refractivity contribution in [3.63, 3.8) is 0 Å². The zero-order valence-corrected chi connectivity index (χ0v) is 12.3. The summed E-state index contributed by atoms with van der Waals surface area (Å²) in [5, 5.41) is 9.57. The molecule has 0 bridgehead atoms. The molecule has 2 aliphatic rings. The van der Waals surface area contributed by atoms with Crippen LogP contribution in [0.4, 0.5) is 0 Å². The second kappa shape index (κ2) is 6.57. The van der Waals surface area contributed by atoms with E-state index in [4.69, 9.17) is 4.74 Å². The lowest BCUT2D eigenvalue weighted by molar-refractivity contribution is -0.157. The lowest BCUT2D eigenvalue weighted by Gasteiger charge is -2.41. The van der Waals surface area contributed by atoms with Crippen LogP contribution in [0.3, 0.4) is 0 Å². The molecule has 0 spiro atoms. The van der Waals surface area contributed by atoms with Crippen molar-refractivity contribution in [2.75, 3.05) is 26.3 Å². The molecule has 2 rings (SSSR count). The Morgan fingerprint density at radius 2 is 2.05 bits per heavy atom. The molecular weight excluding hydrogens is 258 g/mol. The normalized spacial score (nSPS) is 28.4. The van der Waals surface area contributed by atoms with Gasteiger partial charge >= 0.3 is 5.97 Å². The maximum atomic E-state index is 12.5. The highest BCUT2D eigenvalue weighted by Crippen LogP contribution is 2.36. The maximum absolute atomic E-state index is 12.5. The number of likely N-dealkylation sites (tertiary alicyclic amines) is 1. The molecule has 1 amide bonds. The van der Waals surface area contributed by atoms with Gasteiger partial charge in [0, 0.05) is 32.2 Å². The Morgan fingerprint density at radius 1 is 1.35 bits per heavy atom. The van der Waals surface area contributed by atoms with Crippen LogP contribution >= 0.6 is 0 Å². The molecule has 0 saturated carbocycles. The first-order valence-electron chi connectivity index (χ1n) is 7.69. The van der Waals surface area contributed by atoms with Gasteiger partial charge in [-0.2, -0.15) is 0 Å². The van der Waals surface area contributed by atoms with Crippen LogP contribution in [0.5, 0.6) is 0 Å². The topological polar surface area (TPSA) is 66.8 Å². The van der Waals surface area contributed by atoms with Gasteiger partial charge in [0.1, 0.15) is 0 Å². The minimum Gasteiger partial charge on any atom is -0.481 e. The van der Waals surface area contributed by atoms with E-state index in [1.807, 2.05) is 6.92 Å². The summed E-state index contributed by atoms with van der Waals surface area (Å²) in [6.45, 7) is 4.37. The highest BCUT2D eigenvalue weighted by molar-refractivity contribution is 5.81. The standard InChI is InChI=1S/C15H25NO4/c1-2-6-15(14(18)19)7-3-8-16(11-15)13(17)12-4-9-20-10-5-12/h12H,2-11H2,1H3,(H,18,19). The molecule has 1 N–H and O–H groups in total. The molecule has 2 saturated heterocycles. The maximum Gasteiger partial charge on any atom is 0.311 e. The first kappa shape index (κ1) is 15.3. The van der Waals surface area contributed by atoms with Crippen molar-refractivity contribution in [2.24, 2.45) is 11.3 Å². The molecule has 0 aromatic heterocycles. The van der Waals surface area contributed by atoms with Crippen LogP contribution < -0.4 is 0 Å². The average molecular weight is 283 g/mol. The molecule has 1 atom stereocenters. The van der Waals surface area contributed by atoms with Gasteiger partial charge in [-0.15, -0.1) is 0 Å². The molecule has 5 heteroatoms. The third-order valence-corrected chi connectivity index (χ3v) is 4.64. The Kier molecular flexibility index (Phi) is 5.02. The lowest BCUT2D eigenvalue weighted by atomic mass is 9.76. The van der Waals surface area contributed by atoms with Crippen LogP contribution in [0.25, 0.3) is 0 Å². The van der Waals surface area contributed by atoms with Gasteiger partial charge in [-0.1, -0.05) is 13.3 Å². The van der Waals surface area contributed by atoms with Crippen molar-refractivity contribution >= 4 is 11.9 Å². The molecule has 2 fully saturated rings. The van der Waals surface area contributed by atoms with Gasteiger partial charge in [0.05, 0.1) is 5.41 Å². The van der Waals surface area contributed by atoms with Crippen LogP contribution in [-0.2, 0) is 14.3 Å². The molecule has 0 aromatic rings. The van der Waals surface area contributed by atoms with Crippen LogP contribution in [0, 0.1) is 11.3 Å². The van der Waals surface area contributed by atoms with E-state index < -0.39 is 11.4 Å². The predicted octanol–water partition coefficient (Wildman–Crippen LogP) is 1.91. The summed E-state index contributed by atoms with van der Waals surface area (Å²) in [4.78, 5) is 26.0. The van der Waals surface area contributed by atoms with Gasteiger partial charge in [-0.05, 0) is 32.1 Å². The summed E-state index contributed by atoms with van der Waals surface area (Å²) < 4.78 is 5.29. The fourth-order valence-corrected chi connectivity index (χ4v) is 3.49. The Bertz CT molecular complexity index is 361. The van der Waals surface area contributed by atoms with E-state index in [2.05, 4.69) is 0 Å². The Labute approximate surface area is 120 Å². The number of carboxylic acids is 1. The van der Waals surface area contributed by atoms with Crippen molar-refractivity contribution in [1.29, 1.82) is 0 Å².